The van der Waals surface area contributed by atoms with Gasteiger partial charge in [-0.25, -0.2) is 4.98 Å². The first-order chi connectivity index (χ1) is 12.0. The van der Waals surface area contributed by atoms with Gasteiger partial charge in [-0.05, 0) is 30.7 Å². The summed E-state index contributed by atoms with van der Waals surface area (Å²) in [4.78, 5) is 33.9. The molecule has 5 nitrogen and oxygen atoms in total. The van der Waals surface area contributed by atoms with Gasteiger partial charge < -0.3 is 9.88 Å². The van der Waals surface area contributed by atoms with Crippen LogP contribution < -0.4 is 5.56 Å². The largest absolute Gasteiger partial charge is 0.338 e. The van der Waals surface area contributed by atoms with Crippen molar-refractivity contribution in [3.8, 4) is 11.4 Å². The molecule has 132 valence electrons. The maximum Gasteiger partial charge on any atom is 0.256 e. The van der Waals surface area contributed by atoms with E-state index in [2.05, 4.69) is 11.9 Å². The van der Waals surface area contributed by atoms with Gasteiger partial charge in [0.15, 0.2) is 0 Å². The molecular formula is C19H22ClN3O2. The zero-order valence-corrected chi connectivity index (χ0v) is 15.3. The van der Waals surface area contributed by atoms with E-state index < -0.39 is 0 Å². The van der Waals surface area contributed by atoms with E-state index in [9.17, 15) is 9.59 Å². The van der Waals surface area contributed by atoms with Crippen molar-refractivity contribution >= 4 is 17.5 Å². The number of benzene rings is 1. The molecule has 1 aliphatic heterocycles. The van der Waals surface area contributed by atoms with Crippen molar-refractivity contribution in [2.24, 2.45) is 0 Å². The van der Waals surface area contributed by atoms with Gasteiger partial charge in [0, 0.05) is 30.0 Å². The molecule has 1 N–H and O–H groups in total. The van der Waals surface area contributed by atoms with Gasteiger partial charge in [0.25, 0.3) is 5.56 Å². The minimum absolute atomic E-state index is 0.00618. The summed E-state index contributed by atoms with van der Waals surface area (Å²) in [7, 11) is 0. The molecule has 3 rings (SSSR count). The molecule has 2 aromatic rings. The van der Waals surface area contributed by atoms with Gasteiger partial charge >= 0.3 is 0 Å². The van der Waals surface area contributed by atoms with Crippen LogP contribution in [0.5, 0.6) is 0 Å². The fraction of sp³-hybridized carbons (Fsp3) is 0.421. The van der Waals surface area contributed by atoms with Crippen LogP contribution in [0.4, 0.5) is 0 Å². The Balaban J connectivity index is 2.05. The molecule has 0 bridgehead atoms. The Morgan fingerprint density at radius 2 is 2.08 bits per heavy atom. The van der Waals surface area contributed by atoms with E-state index in [4.69, 9.17) is 16.6 Å². The molecule has 0 radical (unpaired) electrons. The Morgan fingerprint density at radius 1 is 1.36 bits per heavy atom. The average molecular weight is 360 g/mol. The molecule has 0 fully saturated rings. The summed E-state index contributed by atoms with van der Waals surface area (Å²) in [5.74, 6) is 0.646. The Labute approximate surface area is 152 Å². The molecule has 0 saturated carbocycles. The third-order valence-electron chi connectivity index (χ3n) is 4.69. The van der Waals surface area contributed by atoms with E-state index in [0.29, 0.717) is 29.5 Å². The van der Waals surface area contributed by atoms with Crippen molar-refractivity contribution in [1.82, 2.24) is 14.9 Å². The van der Waals surface area contributed by atoms with Gasteiger partial charge in [-0.2, -0.15) is 0 Å². The predicted octanol–water partition coefficient (Wildman–Crippen LogP) is 3.73. The normalized spacial score (nSPS) is 16.6. The number of aromatic amines is 1. The van der Waals surface area contributed by atoms with Crippen LogP contribution in [0, 0.1) is 0 Å². The summed E-state index contributed by atoms with van der Waals surface area (Å²) >= 11 is 5.94. The number of aromatic nitrogens is 2. The first kappa shape index (κ1) is 17.7. The monoisotopic (exact) mass is 359 g/mol. The standard InChI is InChI=1S/C19H22ClN3O2/c1-3-4-5-14-10-23(12(2)24)11-16-17(14)21-18(22-19(16)25)13-6-8-15(20)9-7-13/h6-9,14H,3-5,10-11H2,1-2H3,(H,21,22,25). The number of carbonyl (C=O) groups excluding carboxylic acids is 1. The molecule has 0 spiro atoms. The number of hydrogen-bond donors (Lipinski definition) is 1. The number of unbranched alkanes of at least 4 members (excludes halogenated alkanes) is 1. The highest BCUT2D eigenvalue weighted by molar-refractivity contribution is 6.30. The second-order valence-electron chi connectivity index (χ2n) is 6.52. The first-order valence-corrected chi connectivity index (χ1v) is 9.02. The number of amides is 1. The van der Waals surface area contributed by atoms with Crippen LogP contribution in [0.25, 0.3) is 11.4 Å². The van der Waals surface area contributed by atoms with Crippen molar-refractivity contribution in [2.75, 3.05) is 6.54 Å². The number of halogens is 1. The van der Waals surface area contributed by atoms with E-state index in [1.807, 2.05) is 12.1 Å². The number of nitrogens with one attached hydrogen (secondary N) is 1. The number of nitrogens with zero attached hydrogens (tertiary/aromatic N) is 2. The molecule has 0 saturated heterocycles. The molecule has 1 amide bonds. The lowest BCUT2D eigenvalue weighted by Gasteiger charge is -2.33. The predicted molar refractivity (Wildman–Crippen MR) is 98.7 cm³/mol. The van der Waals surface area contributed by atoms with E-state index in [1.54, 1.807) is 24.0 Å². The third kappa shape index (κ3) is 3.76. The summed E-state index contributed by atoms with van der Waals surface area (Å²) < 4.78 is 0. The zero-order chi connectivity index (χ0) is 18.0. The lowest BCUT2D eigenvalue weighted by molar-refractivity contribution is -0.130. The van der Waals surface area contributed by atoms with Gasteiger partial charge in [-0.1, -0.05) is 31.4 Å². The van der Waals surface area contributed by atoms with Crippen LogP contribution in [0.3, 0.4) is 0 Å². The minimum atomic E-state index is -0.164. The highest BCUT2D eigenvalue weighted by Crippen LogP contribution is 2.30. The lowest BCUT2D eigenvalue weighted by Crippen LogP contribution is -2.40. The minimum Gasteiger partial charge on any atom is -0.338 e. The van der Waals surface area contributed by atoms with Crippen LogP contribution in [-0.2, 0) is 11.3 Å². The second kappa shape index (κ2) is 7.40. The number of carbonyl (C=O) groups is 1. The number of rotatable bonds is 4. The maximum absolute atomic E-state index is 12.7. The second-order valence-corrected chi connectivity index (χ2v) is 6.96. The highest BCUT2D eigenvalue weighted by atomic mass is 35.5. The van der Waals surface area contributed by atoms with Gasteiger partial charge in [0.2, 0.25) is 5.91 Å². The number of H-pyrrole nitrogens is 1. The Bertz CT molecular complexity index is 830. The van der Waals surface area contributed by atoms with E-state index in [-0.39, 0.29) is 17.4 Å². The molecule has 1 atom stereocenters. The van der Waals surface area contributed by atoms with Crippen LogP contribution in [0.15, 0.2) is 29.1 Å². The summed E-state index contributed by atoms with van der Waals surface area (Å²) in [6.07, 6.45) is 3.03. The van der Waals surface area contributed by atoms with Gasteiger partial charge in [-0.15, -0.1) is 0 Å². The molecule has 6 heteroatoms. The smallest absolute Gasteiger partial charge is 0.256 e. The van der Waals surface area contributed by atoms with Crippen molar-refractivity contribution in [3.05, 3.63) is 50.9 Å². The van der Waals surface area contributed by atoms with Gasteiger partial charge in [-0.3, -0.25) is 9.59 Å². The molecule has 1 aromatic carbocycles. The summed E-state index contributed by atoms with van der Waals surface area (Å²) in [5.41, 5.74) is 2.11. The van der Waals surface area contributed by atoms with Crippen molar-refractivity contribution in [2.45, 2.75) is 45.6 Å². The van der Waals surface area contributed by atoms with Crippen LogP contribution in [0.1, 0.15) is 50.3 Å². The Hall–Kier alpha value is -2.14. The number of fused-ring (bicyclic) bond motifs is 1. The summed E-state index contributed by atoms with van der Waals surface area (Å²) in [5, 5.41) is 0.641. The summed E-state index contributed by atoms with van der Waals surface area (Å²) in [6.45, 7) is 4.64. The van der Waals surface area contributed by atoms with E-state index in [0.717, 1.165) is 30.5 Å². The third-order valence-corrected chi connectivity index (χ3v) is 4.95. The van der Waals surface area contributed by atoms with E-state index >= 15 is 0 Å². The van der Waals surface area contributed by atoms with Gasteiger partial charge in [0.1, 0.15) is 5.82 Å². The molecule has 25 heavy (non-hydrogen) atoms. The molecule has 0 aliphatic carbocycles. The average Bonchev–Trinajstić information content (AvgIpc) is 2.60. The molecule has 1 aromatic heterocycles. The molecular weight excluding hydrogens is 338 g/mol. The van der Waals surface area contributed by atoms with Crippen molar-refractivity contribution < 1.29 is 4.79 Å². The fourth-order valence-electron chi connectivity index (χ4n) is 3.28. The molecule has 2 heterocycles. The first-order valence-electron chi connectivity index (χ1n) is 8.64. The quantitative estimate of drug-likeness (QED) is 0.904. The van der Waals surface area contributed by atoms with Crippen LogP contribution in [-0.4, -0.2) is 27.3 Å². The number of hydrogen-bond acceptors (Lipinski definition) is 3. The van der Waals surface area contributed by atoms with Crippen LogP contribution in [0.2, 0.25) is 5.02 Å². The van der Waals surface area contributed by atoms with Crippen molar-refractivity contribution in [3.63, 3.8) is 0 Å². The highest BCUT2D eigenvalue weighted by Gasteiger charge is 2.30. The van der Waals surface area contributed by atoms with Crippen molar-refractivity contribution in [1.29, 1.82) is 0 Å². The van der Waals surface area contributed by atoms with Crippen LogP contribution >= 0.6 is 11.6 Å². The van der Waals surface area contributed by atoms with Gasteiger partial charge in [0.05, 0.1) is 17.8 Å². The zero-order valence-electron chi connectivity index (χ0n) is 14.5. The van der Waals surface area contributed by atoms with E-state index in [1.165, 1.54) is 0 Å². The summed E-state index contributed by atoms with van der Waals surface area (Å²) in [6, 6.07) is 7.25. The SMILES string of the molecule is CCCCC1CN(C(C)=O)Cc2c1nc(-c1ccc(Cl)cc1)[nH]c2=O. The Morgan fingerprint density at radius 3 is 2.72 bits per heavy atom. The maximum atomic E-state index is 12.7. The lowest BCUT2D eigenvalue weighted by atomic mass is 9.90. The molecule has 1 unspecified atom stereocenters. The fourth-order valence-corrected chi connectivity index (χ4v) is 3.40. The molecule has 1 aliphatic rings. The topological polar surface area (TPSA) is 66.1 Å². The Kier molecular flexibility index (Phi) is 5.23.